The van der Waals surface area contributed by atoms with Crippen molar-refractivity contribution < 1.29 is 18.1 Å². The van der Waals surface area contributed by atoms with E-state index >= 15 is 0 Å². The van der Waals surface area contributed by atoms with Crippen molar-refractivity contribution in [3.8, 4) is 17.2 Å². The largest absolute Gasteiger partial charge is 0.647 e. The minimum Gasteiger partial charge on any atom is -0.381 e. The van der Waals surface area contributed by atoms with Gasteiger partial charge in [0.2, 0.25) is 5.75 Å². The van der Waals surface area contributed by atoms with Gasteiger partial charge in [0.1, 0.15) is 0 Å². The molecule has 0 N–H and O–H groups in total. The summed E-state index contributed by atoms with van der Waals surface area (Å²) in [5.74, 6) is 1.61. The van der Waals surface area contributed by atoms with Crippen molar-refractivity contribution in [2.45, 2.75) is 26.7 Å². The highest BCUT2D eigenvalue weighted by atomic mass is 31.2. The second-order valence-electron chi connectivity index (χ2n) is 3.99. The first-order chi connectivity index (χ1) is 8.13. The second kappa shape index (κ2) is 3.30. The van der Waals surface area contributed by atoms with Crippen molar-refractivity contribution in [2.24, 2.45) is 0 Å². The third-order valence-electron chi connectivity index (χ3n) is 3.14. The van der Waals surface area contributed by atoms with E-state index in [1.54, 1.807) is 6.08 Å². The summed E-state index contributed by atoms with van der Waals surface area (Å²) in [5, 5.41) is 0. The molecule has 0 saturated carbocycles. The molecule has 1 atom stereocenters. The SMILES string of the molecule is C=Cc1c(CC)c(CC)c2c3c1OP(=O)(O2)O3. The summed E-state index contributed by atoms with van der Waals surface area (Å²) in [6.07, 6.45) is 3.38. The van der Waals surface area contributed by atoms with E-state index in [9.17, 15) is 4.57 Å². The van der Waals surface area contributed by atoms with Gasteiger partial charge in [0.15, 0.2) is 11.5 Å². The van der Waals surface area contributed by atoms with E-state index in [4.69, 9.17) is 13.6 Å². The molecule has 2 bridgehead atoms. The van der Waals surface area contributed by atoms with Gasteiger partial charge in [-0.1, -0.05) is 26.5 Å². The van der Waals surface area contributed by atoms with E-state index in [0.717, 1.165) is 29.5 Å². The molecule has 2 heterocycles. The second-order valence-corrected chi connectivity index (χ2v) is 5.43. The molecule has 0 saturated heterocycles. The molecule has 2 aliphatic heterocycles. The highest BCUT2D eigenvalue weighted by Crippen LogP contribution is 2.71. The van der Waals surface area contributed by atoms with Crippen molar-refractivity contribution in [3.63, 3.8) is 0 Å². The summed E-state index contributed by atoms with van der Waals surface area (Å²) in [6.45, 7) is 7.90. The Kier molecular flexibility index (Phi) is 2.08. The van der Waals surface area contributed by atoms with Crippen LogP contribution >= 0.6 is 7.82 Å². The van der Waals surface area contributed by atoms with Crippen LogP contribution in [0.25, 0.3) is 6.08 Å². The lowest BCUT2D eigenvalue weighted by atomic mass is 9.94. The Bertz CT molecular complexity index is 577. The number of benzene rings is 1. The maximum Gasteiger partial charge on any atom is 0.647 e. The van der Waals surface area contributed by atoms with Crippen molar-refractivity contribution >= 4 is 13.9 Å². The molecular weight excluding hydrogens is 239 g/mol. The van der Waals surface area contributed by atoms with Gasteiger partial charge in [0, 0.05) is 11.1 Å². The summed E-state index contributed by atoms with van der Waals surface area (Å²) >= 11 is 0. The molecule has 0 amide bonds. The van der Waals surface area contributed by atoms with Gasteiger partial charge in [0.25, 0.3) is 0 Å². The van der Waals surface area contributed by atoms with Crippen LogP contribution in [0.1, 0.15) is 30.5 Å². The Balaban J connectivity index is 2.38. The summed E-state index contributed by atoms with van der Waals surface area (Å²) in [5.41, 5.74) is 3.05. The number of fused-ring (bicyclic) bond motifs is 1. The zero-order chi connectivity index (χ0) is 12.2. The van der Waals surface area contributed by atoms with E-state index in [1.165, 1.54) is 0 Å². The van der Waals surface area contributed by atoms with Crippen LogP contribution in [0, 0.1) is 0 Å². The standard InChI is InChI=1S/C12H13O4P/c1-4-7-8(5-2)10-12-11(9(7)6-3)15-17(13,14-10)16-12/h5H,2,4,6H2,1,3H3. The molecule has 1 aromatic carbocycles. The molecule has 4 nitrogen and oxygen atoms in total. The molecule has 3 rings (SSSR count). The third-order valence-corrected chi connectivity index (χ3v) is 4.36. The van der Waals surface area contributed by atoms with Gasteiger partial charge in [-0.25, -0.2) is 0 Å². The van der Waals surface area contributed by atoms with Gasteiger partial charge >= 0.3 is 7.82 Å². The predicted octanol–water partition coefficient (Wildman–Crippen LogP) is 3.73. The van der Waals surface area contributed by atoms with Gasteiger partial charge in [-0.05, 0) is 18.4 Å². The average Bonchev–Trinajstić information content (AvgIpc) is 2.81. The molecule has 90 valence electrons. The number of phosphoric ester groups is 1. The van der Waals surface area contributed by atoms with Crippen molar-refractivity contribution in [1.82, 2.24) is 0 Å². The Morgan fingerprint density at radius 3 is 2.18 bits per heavy atom. The zero-order valence-electron chi connectivity index (χ0n) is 9.78. The van der Waals surface area contributed by atoms with Gasteiger partial charge in [-0.2, -0.15) is 4.57 Å². The van der Waals surface area contributed by atoms with Crippen LogP contribution in [0.5, 0.6) is 17.2 Å². The molecule has 1 aromatic rings. The van der Waals surface area contributed by atoms with Crippen molar-refractivity contribution in [3.05, 3.63) is 23.3 Å². The minimum absolute atomic E-state index is 0.484. The smallest absolute Gasteiger partial charge is 0.381 e. The van der Waals surface area contributed by atoms with Gasteiger partial charge in [0.05, 0.1) is 0 Å². The number of hydrogen-bond acceptors (Lipinski definition) is 4. The third kappa shape index (κ3) is 1.22. The fourth-order valence-corrected chi connectivity index (χ4v) is 3.78. The molecule has 0 aromatic heterocycles. The molecule has 17 heavy (non-hydrogen) atoms. The fourth-order valence-electron chi connectivity index (χ4n) is 2.45. The predicted molar refractivity (Wildman–Crippen MR) is 64.8 cm³/mol. The summed E-state index contributed by atoms with van der Waals surface area (Å²) in [7, 11) is -3.41. The Morgan fingerprint density at radius 1 is 1.06 bits per heavy atom. The zero-order valence-corrected chi connectivity index (χ0v) is 10.7. The van der Waals surface area contributed by atoms with E-state index < -0.39 is 7.82 Å². The maximum absolute atomic E-state index is 12.0. The van der Waals surface area contributed by atoms with Crippen LogP contribution in [0.4, 0.5) is 0 Å². The quantitative estimate of drug-likeness (QED) is 0.769. The van der Waals surface area contributed by atoms with Crippen molar-refractivity contribution in [1.29, 1.82) is 0 Å². The monoisotopic (exact) mass is 252 g/mol. The molecule has 2 aliphatic rings. The lowest BCUT2D eigenvalue weighted by Gasteiger charge is -2.19. The van der Waals surface area contributed by atoms with E-state index in [0.29, 0.717) is 17.2 Å². The Labute approximate surface area is 99.8 Å². The first-order valence-electron chi connectivity index (χ1n) is 5.66. The first-order valence-corrected chi connectivity index (χ1v) is 7.12. The highest BCUT2D eigenvalue weighted by Gasteiger charge is 2.52. The summed E-state index contributed by atoms with van der Waals surface area (Å²) < 4.78 is 27.8. The van der Waals surface area contributed by atoms with Crippen LogP contribution in [0.15, 0.2) is 6.58 Å². The van der Waals surface area contributed by atoms with Gasteiger partial charge in [-0.15, -0.1) is 0 Å². The number of phosphoric acid groups is 1. The van der Waals surface area contributed by atoms with Crippen LogP contribution < -0.4 is 13.6 Å². The van der Waals surface area contributed by atoms with E-state index in [1.807, 2.05) is 6.92 Å². The molecule has 0 fully saturated rings. The molecule has 5 heteroatoms. The first kappa shape index (κ1) is 10.7. The summed E-state index contributed by atoms with van der Waals surface area (Å²) in [4.78, 5) is 0. The molecule has 1 unspecified atom stereocenters. The average molecular weight is 252 g/mol. The fraction of sp³-hybridized carbons (Fsp3) is 0.333. The minimum atomic E-state index is -3.41. The Hall–Kier alpha value is -1.41. The van der Waals surface area contributed by atoms with Crippen LogP contribution in [-0.2, 0) is 17.4 Å². The molecular formula is C12H13O4P. The van der Waals surface area contributed by atoms with Crippen molar-refractivity contribution in [2.75, 3.05) is 0 Å². The number of hydrogen-bond donors (Lipinski definition) is 0. The van der Waals surface area contributed by atoms with Crippen LogP contribution in [-0.4, -0.2) is 0 Å². The van der Waals surface area contributed by atoms with E-state index in [2.05, 4.69) is 13.5 Å². The van der Waals surface area contributed by atoms with Crippen LogP contribution in [0.2, 0.25) is 0 Å². The summed E-state index contributed by atoms with van der Waals surface area (Å²) in [6, 6.07) is 0. The number of rotatable bonds is 3. The molecule has 0 radical (unpaired) electrons. The lowest BCUT2D eigenvalue weighted by Crippen LogP contribution is -2.05. The molecule has 0 aliphatic carbocycles. The highest BCUT2D eigenvalue weighted by molar-refractivity contribution is 7.50. The van der Waals surface area contributed by atoms with E-state index in [-0.39, 0.29) is 0 Å². The maximum atomic E-state index is 12.0. The van der Waals surface area contributed by atoms with Gasteiger partial charge in [-0.3, -0.25) is 0 Å². The lowest BCUT2D eigenvalue weighted by molar-refractivity contribution is 0.352. The van der Waals surface area contributed by atoms with Crippen LogP contribution in [0.3, 0.4) is 0 Å². The van der Waals surface area contributed by atoms with Gasteiger partial charge < -0.3 is 13.6 Å². The Morgan fingerprint density at radius 2 is 1.65 bits per heavy atom. The normalized spacial score (nSPS) is 22.9. The topological polar surface area (TPSA) is 44.8 Å². The molecule has 0 spiro atoms.